The van der Waals surface area contributed by atoms with Crippen molar-refractivity contribution in [1.82, 2.24) is 0 Å². The number of aromatic hydroxyl groups is 1. The molecular formula is C35H60O3. The van der Waals surface area contributed by atoms with Crippen molar-refractivity contribution < 1.29 is 15.0 Å². The summed E-state index contributed by atoms with van der Waals surface area (Å²) in [4.78, 5) is 11.3. The normalized spacial score (nSPS) is 12.5. The van der Waals surface area contributed by atoms with Gasteiger partial charge in [0.05, 0.1) is 0 Å². The topological polar surface area (TPSA) is 57.5 Å². The zero-order chi connectivity index (χ0) is 28.6. The summed E-state index contributed by atoms with van der Waals surface area (Å²) in [6.07, 6.45) is 25.3. The average Bonchev–Trinajstić information content (AvgIpc) is 2.81. The number of benzene rings is 1. The van der Waals surface area contributed by atoms with E-state index in [1.807, 2.05) is 6.07 Å². The fraction of sp³-hybridized carbons (Fsp3) is 0.743. The van der Waals surface area contributed by atoms with Crippen molar-refractivity contribution in [3.8, 4) is 5.75 Å². The molecule has 0 unspecified atom stereocenters. The molecule has 1 aromatic carbocycles. The fourth-order valence-electron chi connectivity index (χ4n) is 5.54. The molecule has 0 saturated carbocycles. The Bertz CT molecular complexity index is 836. The van der Waals surface area contributed by atoms with Gasteiger partial charge in [-0.3, -0.25) is 0 Å². The van der Waals surface area contributed by atoms with Crippen LogP contribution in [0.5, 0.6) is 5.75 Å². The largest absolute Gasteiger partial charge is 0.507 e. The summed E-state index contributed by atoms with van der Waals surface area (Å²) in [6, 6.07) is 2.01. The minimum atomic E-state index is -0.943. The van der Waals surface area contributed by atoms with Crippen LogP contribution in [-0.4, -0.2) is 16.2 Å². The lowest BCUT2D eigenvalue weighted by Crippen LogP contribution is -2.20. The molecule has 0 radical (unpaired) electrons. The summed E-state index contributed by atoms with van der Waals surface area (Å²) in [5.41, 5.74) is 3.41. The maximum atomic E-state index is 11.3. The molecule has 0 fully saturated rings. The molecule has 0 amide bonds. The fourth-order valence-corrected chi connectivity index (χ4v) is 5.54. The van der Waals surface area contributed by atoms with Crippen molar-refractivity contribution in [3.63, 3.8) is 0 Å². The van der Waals surface area contributed by atoms with E-state index in [0.29, 0.717) is 5.75 Å². The van der Waals surface area contributed by atoms with E-state index in [9.17, 15) is 15.0 Å². The number of unbranched alkanes of at least 4 members (excludes halogenated alkanes) is 15. The highest BCUT2D eigenvalue weighted by atomic mass is 16.4. The second kappa shape index (κ2) is 17.7. The first kappa shape index (κ1) is 34.3. The van der Waals surface area contributed by atoms with Crippen molar-refractivity contribution in [2.45, 2.75) is 168 Å². The third-order valence-corrected chi connectivity index (χ3v) is 7.69. The Morgan fingerprint density at radius 3 is 1.50 bits per heavy atom. The zero-order valence-corrected chi connectivity index (χ0v) is 26.1. The Labute approximate surface area is 235 Å². The van der Waals surface area contributed by atoms with Crippen LogP contribution < -0.4 is 0 Å². The molecule has 0 aliphatic rings. The number of carbonyl (C=O) groups is 1. The highest BCUT2D eigenvalue weighted by Gasteiger charge is 2.29. The van der Waals surface area contributed by atoms with Gasteiger partial charge in [-0.1, -0.05) is 145 Å². The number of aliphatic carboxylic acids is 1. The lowest BCUT2D eigenvalue weighted by molar-refractivity contribution is -0.131. The van der Waals surface area contributed by atoms with Gasteiger partial charge in [0, 0.05) is 17.2 Å². The number of phenols is 1. The van der Waals surface area contributed by atoms with Gasteiger partial charge in [-0.05, 0) is 46.9 Å². The van der Waals surface area contributed by atoms with Gasteiger partial charge in [-0.25, -0.2) is 4.79 Å². The lowest BCUT2D eigenvalue weighted by Gasteiger charge is -2.31. The molecule has 218 valence electrons. The molecule has 38 heavy (non-hydrogen) atoms. The Hall–Kier alpha value is -1.77. The van der Waals surface area contributed by atoms with Crippen molar-refractivity contribution in [1.29, 1.82) is 0 Å². The van der Waals surface area contributed by atoms with Crippen LogP contribution >= 0.6 is 0 Å². The minimum Gasteiger partial charge on any atom is -0.507 e. The second-order valence-corrected chi connectivity index (χ2v) is 13.4. The summed E-state index contributed by atoms with van der Waals surface area (Å²) in [5.74, 6) is -0.565. The Morgan fingerprint density at radius 2 is 1.13 bits per heavy atom. The molecule has 0 bridgehead atoms. The Kier molecular flexibility index (Phi) is 16.0. The molecule has 0 aliphatic heterocycles. The zero-order valence-electron chi connectivity index (χ0n) is 26.1. The predicted molar refractivity (Wildman–Crippen MR) is 165 cm³/mol. The van der Waals surface area contributed by atoms with E-state index in [1.165, 1.54) is 102 Å². The van der Waals surface area contributed by atoms with Crippen LogP contribution in [0.4, 0.5) is 0 Å². The monoisotopic (exact) mass is 528 g/mol. The summed E-state index contributed by atoms with van der Waals surface area (Å²) in [5, 5.41) is 20.6. The summed E-state index contributed by atoms with van der Waals surface area (Å²) in [7, 11) is 0. The third-order valence-electron chi connectivity index (χ3n) is 7.69. The maximum Gasteiger partial charge on any atom is 0.328 e. The van der Waals surface area contributed by atoms with Gasteiger partial charge in [-0.15, -0.1) is 0 Å². The molecule has 2 N–H and O–H groups in total. The smallest absolute Gasteiger partial charge is 0.328 e. The predicted octanol–water partition coefficient (Wildman–Crippen LogP) is 10.9. The number of carboxylic acids is 1. The molecule has 3 nitrogen and oxygen atoms in total. The molecule has 0 saturated heterocycles. The average molecular weight is 529 g/mol. The Balaban J connectivity index is 2.55. The molecule has 1 rings (SSSR count). The van der Waals surface area contributed by atoms with Gasteiger partial charge >= 0.3 is 5.97 Å². The SMILES string of the molecule is CCCCCCCCCCCCCCCCCCc1c(C=CC(=O)O)cc(C(C)(C)C)c(O)c1C(C)(C)C. The minimum absolute atomic E-state index is 0.233. The standard InChI is InChI=1S/C35H60O3/c1-8-9-10-11-12-13-14-15-16-17-18-19-20-21-22-23-24-29-28(25-26-31(36)37)27-30(34(2,3)4)33(38)32(29)35(5,6)7/h25-27,38H,8-24H2,1-7H3,(H,36,37). The van der Waals surface area contributed by atoms with Crippen molar-refractivity contribution >= 4 is 12.0 Å². The van der Waals surface area contributed by atoms with Crippen molar-refractivity contribution in [3.05, 3.63) is 34.4 Å². The summed E-state index contributed by atoms with van der Waals surface area (Å²) < 4.78 is 0. The van der Waals surface area contributed by atoms with Crippen LogP contribution in [-0.2, 0) is 22.0 Å². The molecular weight excluding hydrogens is 468 g/mol. The van der Waals surface area contributed by atoms with Crippen LogP contribution in [0, 0.1) is 0 Å². The number of rotatable bonds is 19. The molecule has 3 heteroatoms. The molecule has 0 aliphatic carbocycles. The lowest BCUT2D eigenvalue weighted by atomic mass is 9.74. The van der Waals surface area contributed by atoms with Gasteiger partial charge < -0.3 is 10.2 Å². The number of hydrogen-bond donors (Lipinski definition) is 2. The molecule has 0 heterocycles. The van der Waals surface area contributed by atoms with Gasteiger partial charge in [0.25, 0.3) is 0 Å². The van der Waals surface area contributed by atoms with Crippen LogP contribution in [0.3, 0.4) is 0 Å². The molecule has 1 aromatic rings. The first-order chi connectivity index (χ1) is 17.9. The van der Waals surface area contributed by atoms with E-state index >= 15 is 0 Å². The first-order valence-corrected chi connectivity index (χ1v) is 15.7. The molecule has 0 atom stereocenters. The number of carboxylic acid groups (broad SMARTS) is 1. The number of hydrogen-bond acceptors (Lipinski definition) is 2. The van der Waals surface area contributed by atoms with Crippen LogP contribution in [0.25, 0.3) is 6.08 Å². The first-order valence-electron chi connectivity index (χ1n) is 15.7. The van der Waals surface area contributed by atoms with Crippen molar-refractivity contribution in [2.75, 3.05) is 0 Å². The number of phenolic OH excluding ortho intramolecular Hbond substituents is 1. The van der Waals surface area contributed by atoms with Crippen LogP contribution in [0.2, 0.25) is 0 Å². The Morgan fingerprint density at radius 1 is 0.711 bits per heavy atom. The highest BCUT2D eigenvalue weighted by Crippen LogP contribution is 2.43. The summed E-state index contributed by atoms with van der Waals surface area (Å²) in [6.45, 7) is 15.0. The molecule has 0 aromatic heterocycles. The van der Waals surface area contributed by atoms with Crippen molar-refractivity contribution in [2.24, 2.45) is 0 Å². The highest BCUT2D eigenvalue weighted by molar-refractivity contribution is 5.86. The summed E-state index contributed by atoms with van der Waals surface area (Å²) >= 11 is 0. The van der Waals surface area contributed by atoms with Gasteiger partial charge in [0.2, 0.25) is 0 Å². The second-order valence-electron chi connectivity index (χ2n) is 13.4. The van der Waals surface area contributed by atoms with E-state index in [-0.39, 0.29) is 10.8 Å². The van der Waals surface area contributed by atoms with E-state index in [4.69, 9.17) is 0 Å². The van der Waals surface area contributed by atoms with Gasteiger partial charge in [0.15, 0.2) is 0 Å². The van der Waals surface area contributed by atoms with Gasteiger partial charge in [-0.2, -0.15) is 0 Å². The van der Waals surface area contributed by atoms with E-state index in [1.54, 1.807) is 6.08 Å². The van der Waals surface area contributed by atoms with E-state index < -0.39 is 5.97 Å². The van der Waals surface area contributed by atoms with Crippen LogP contribution in [0.15, 0.2) is 12.1 Å². The third kappa shape index (κ3) is 13.3. The van der Waals surface area contributed by atoms with Crippen LogP contribution in [0.1, 0.15) is 173 Å². The molecule has 0 spiro atoms. The quantitative estimate of drug-likeness (QED) is 0.139. The van der Waals surface area contributed by atoms with Gasteiger partial charge in [0.1, 0.15) is 5.75 Å². The van der Waals surface area contributed by atoms with E-state index in [2.05, 4.69) is 48.5 Å². The van der Waals surface area contributed by atoms with E-state index in [0.717, 1.165) is 35.1 Å². The maximum absolute atomic E-state index is 11.3.